The molecule has 1 aliphatic rings. The second-order valence-electron chi connectivity index (χ2n) is 5.80. The van der Waals surface area contributed by atoms with Crippen molar-refractivity contribution in [3.05, 3.63) is 70.5 Å². The van der Waals surface area contributed by atoms with Crippen molar-refractivity contribution in [2.24, 2.45) is 0 Å². The van der Waals surface area contributed by atoms with Crippen LogP contribution in [0.25, 0.3) is 0 Å². The molecule has 110 valence electrons. The van der Waals surface area contributed by atoms with Crippen LogP contribution in [-0.2, 0) is 11.8 Å². The van der Waals surface area contributed by atoms with E-state index in [9.17, 15) is 4.39 Å². The topological polar surface area (TPSA) is 12.0 Å². The highest BCUT2D eigenvalue weighted by Crippen LogP contribution is 2.51. The summed E-state index contributed by atoms with van der Waals surface area (Å²) in [5.74, 6) is -0.177. The van der Waals surface area contributed by atoms with Crippen molar-refractivity contribution < 1.29 is 4.39 Å². The van der Waals surface area contributed by atoms with Crippen LogP contribution in [0.15, 0.2) is 48.5 Å². The Balaban J connectivity index is 1.88. The first-order valence-electron chi connectivity index (χ1n) is 7.32. The number of hydrogen-bond acceptors (Lipinski definition) is 1. The highest BCUT2D eigenvalue weighted by molar-refractivity contribution is 6.30. The summed E-state index contributed by atoms with van der Waals surface area (Å²) in [6.45, 7) is 0. The van der Waals surface area contributed by atoms with E-state index in [2.05, 4.69) is 29.6 Å². The summed E-state index contributed by atoms with van der Waals surface area (Å²) in [6, 6.07) is 15.5. The van der Waals surface area contributed by atoms with Gasteiger partial charge in [0.15, 0.2) is 0 Å². The molecule has 1 nitrogen and oxygen atoms in total. The number of benzene rings is 2. The minimum atomic E-state index is -0.177. The van der Waals surface area contributed by atoms with Crippen LogP contribution < -0.4 is 5.32 Å². The molecule has 1 saturated carbocycles. The molecule has 0 aromatic heterocycles. The van der Waals surface area contributed by atoms with Gasteiger partial charge in [-0.3, -0.25) is 0 Å². The lowest BCUT2D eigenvalue weighted by Crippen LogP contribution is -2.39. The third-order valence-electron chi connectivity index (χ3n) is 4.58. The van der Waals surface area contributed by atoms with Gasteiger partial charge in [0.05, 0.1) is 0 Å². The Morgan fingerprint density at radius 2 is 1.90 bits per heavy atom. The maximum atomic E-state index is 14.0. The molecule has 21 heavy (non-hydrogen) atoms. The molecule has 2 aromatic carbocycles. The molecule has 1 unspecified atom stereocenters. The molecule has 0 spiro atoms. The normalized spacial score (nSPS) is 17.5. The summed E-state index contributed by atoms with van der Waals surface area (Å²) in [7, 11) is 1.95. The largest absolute Gasteiger partial charge is 0.316 e. The first kappa shape index (κ1) is 14.6. The van der Waals surface area contributed by atoms with Gasteiger partial charge in [-0.1, -0.05) is 41.9 Å². The second-order valence-corrected chi connectivity index (χ2v) is 6.24. The average Bonchev–Trinajstić information content (AvgIpc) is 3.31. The fourth-order valence-electron chi connectivity index (χ4n) is 3.24. The summed E-state index contributed by atoms with van der Waals surface area (Å²) < 4.78 is 14.0. The zero-order chi connectivity index (χ0) is 14.9. The number of hydrogen-bond donors (Lipinski definition) is 1. The Morgan fingerprint density at radius 1 is 1.19 bits per heavy atom. The van der Waals surface area contributed by atoms with Gasteiger partial charge in [-0.25, -0.2) is 4.39 Å². The minimum absolute atomic E-state index is 0.130. The van der Waals surface area contributed by atoms with Crippen molar-refractivity contribution in [2.45, 2.75) is 30.7 Å². The summed E-state index contributed by atoms with van der Waals surface area (Å²) in [5.41, 5.74) is 2.15. The van der Waals surface area contributed by atoms with E-state index in [0.29, 0.717) is 17.0 Å². The molecule has 0 bridgehead atoms. The number of nitrogens with one attached hydrogen (secondary N) is 1. The summed E-state index contributed by atoms with van der Waals surface area (Å²) >= 11 is 6.00. The predicted octanol–water partition coefficient (Wildman–Crippen LogP) is 4.34. The van der Waals surface area contributed by atoms with Crippen molar-refractivity contribution in [3.8, 4) is 0 Å². The Morgan fingerprint density at radius 3 is 2.52 bits per heavy atom. The van der Waals surface area contributed by atoms with E-state index >= 15 is 0 Å². The van der Waals surface area contributed by atoms with Gasteiger partial charge in [-0.15, -0.1) is 0 Å². The van der Waals surface area contributed by atoms with Crippen molar-refractivity contribution in [3.63, 3.8) is 0 Å². The Labute approximate surface area is 130 Å². The molecule has 0 aliphatic heterocycles. The van der Waals surface area contributed by atoms with Crippen LogP contribution >= 0.6 is 11.6 Å². The fraction of sp³-hybridized carbons (Fsp3) is 0.333. The average molecular weight is 304 g/mol. The standard InChI is InChI=1S/C18H19ClFN/c1-21-17(12-13-11-15(19)7-8-16(13)20)18(9-10-18)14-5-3-2-4-6-14/h2-8,11,17,21H,9-10,12H2,1H3. The van der Waals surface area contributed by atoms with E-state index in [4.69, 9.17) is 11.6 Å². The van der Waals surface area contributed by atoms with Crippen LogP contribution in [0, 0.1) is 5.82 Å². The van der Waals surface area contributed by atoms with Gasteiger partial charge in [-0.2, -0.15) is 0 Å². The van der Waals surface area contributed by atoms with Gasteiger partial charge in [0.25, 0.3) is 0 Å². The lowest BCUT2D eigenvalue weighted by Gasteiger charge is -2.27. The molecule has 2 aromatic rings. The predicted molar refractivity (Wildman–Crippen MR) is 85.3 cm³/mol. The number of halogens is 2. The number of likely N-dealkylation sites (N-methyl/N-ethyl adjacent to an activating group) is 1. The molecule has 3 heteroatoms. The molecular formula is C18H19ClFN. The maximum Gasteiger partial charge on any atom is 0.126 e. The van der Waals surface area contributed by atoms with E-state index in [0.717, 1.165) is 12.8 Å². The van der Waals surface area contributed by atoms with E-state index in [-0.39, 0.29) is 17.3 Å². The van der Waals surface area contributed by atoms with Gasteiger partial charge in [-0.05, 0) is 55.6 Å². The molecule has 1 N–H and O–H groups in total. The molecule has 0 amide bonds. The molecule has 0 radical (unpaired) electrons. The lowest BCUT2D eigenvalue weighted by atomic mass is 9.84. The lowest BCUT2D eigenvalue weighted by molar-refractivity contribution is 0.435. The first-order chi connectivity index (χ1) is 10.2. The molecule has 0 saturated heterocycles. The smallest absolute Gasteiger partial charge is 0.126 e. The van der Waals surface area contributed by atoms with Gasteiger partial charge < -0.3 is 5.32 Å². The van der Waals surface area contributed by atoms with Crippen molar-refractivity contribution in [1.29, 1.82) is 0 Å². The van der Waals surface area contributed by atoms with E-state index < -0.39 is 0 Å². The molecular weight excluding hydrogens is 285 g/mol. The quantitative estimate of drug-likeness (QED) is 0.866. The molecule has 0 heterocycles. The third-order valence-corrected chi connectivity index (χ3v) is 4.82. The third kappa shape index (κ3) is 2.83. The van der Waals surface area contributed by atoms with Gasteiger partial charge in [0.1, 0.15) is 5.82 Å². The van der Waals surface area contributed by atoms with Gasteiger partial charge in [0.2, 0.25) is 0 Å². The van der Waals surface area contributed by atoms with Crippen LogP contribution in [0.2, 0.25) is 5.02 Å². The second kappa shape index (κ2) is 5.78. The highest BCUT2D eigenvalue weighted by Gasteiger charge is 2.49. The fourth-order valence-corrected chi connectivity index (χ4v) is 3.43. The van der Waals surface area contributed by atoms with Crippen LogP contribution in [0.3, 0.4) is 0 Å². The van der Waals surface area contributed by atoms with Crippen LogP contribution in [0.1, 0.15) is 24.0 Å². The zero-order valence-electron chi connectivity index (χ0n) is 12.1. The monoisotopic (exact) mass is 303 g/mol. The summed E-state index contributed by atoms with van der Waals surface area (Å²) in [4.78, 5) is 0. The maximum absolute atomic E-state index is 14.0. The van der Waals surface area contributed by atoms with Crippen molar-refractivity contribution in [1.82, 2.24) is 5.32 Å². The van der Waals surface area contributed by atoms with Crippen LogP contribution in [-0.4, -0.2) is 13.1 Å². The van der Waals surface area contributed by atoms with Gasteiger partial charge in [0, 0.05) is 16.5 Å². The van der Waals surface area contributed by atoms with Crippen LogP contribution in [0.4, 0.5) is 4.39 Å². The van der Waals surface area contributed by atoms with Crippen molar-refractivity contribution >= 4 is 11.6 Å². The molecule has 1 fully saturated rings. The summed E-state index contributed by atoms with van der Waals surface area (Å²) in [5, 5.41) is 3.98. The SMILES string of the molecule is CNC(Cc1cc(Cl)ccc1F)C1(c2ccccc2)CC1. The molecule has 1 atom stereocenters. The van der Waals surface area contributed by atoms with Crippen molar-refractivity contribution in [2.75, 3.05) is 7.05 Å². The molecule has 3 rings (SSSR count). The Hall–Kier alpha value is -1.38. The van der Waals surface area contributed by atoms with E-state index in [1.165, 1.54) is 11.6 Å². The zero-order valence-corrected chi connectivity index (χ0v) is 12.8. The highest BCUT2D eigenvalue weighted by atomic mass is 35.5. The minimum Gasteiger partial charge on any atom is -0.316 e. The summed E-state index contributed by atoms with van der Waals surface area (Å²) in [6.07, 6.45) is 2.94. The Kier molecular flexibility index (Phi) is 4.01. The van der Waals surface area contributed by atoms with E-state index in [1.807, 2.05) is 13.1 Å². The van der Waals surface area contributed by atoms with Gasteiger partial charge >= 0.3 is 0 Å². The first-order valence-corrected chi connectivity index (χ1v) is 7.70. The van der Waals surface area contributed by atoms with E-state index in [1.54, 1.807) is 12.1 Å². The Bertz CT molecular complexity index is 622. The van der Waals surface area contributed by atoms with Crippen LogP contribution in [0.5, 0.6) is 0 Å². The molecule has 1 aliphatic carbocycles. The number of rotatable bonds is 5.